The molecule has 2 heteroatoms. The van der Waals surface area contributed by atoms with E-state index in [9.17, 15) is 0 Å². The molecule has 0 N–H and O–H groups in total. The predicted octanol–water partition coefficient (Wildman–Crippen LogP) is 2.85. The molecule has 2 nitrogen and oxygen atoms in total. The van der Waals surface area contributed by atoms with E-state index < -0.39 is 0 Å². The third kappa shape index (κ3) is 1.74. The van der Waals surface area contributed by atoms with Crippen LogP contribution in [0.1, 0.15) is 33.1 Å². The van der Waals surface area contributed by atoms with Gasteiger partial charge in [-0.15, -0.1) is 0 Å². The number of aromatic nitrogens is 1. The fourth-order valence-corrected chi connectivity index (χ4v) is 2.45. The summed E-state index contributed by atoms with van der Waals surface area (Å²) in [7, 11) is 0. The van der Waals surface area contributed by atoms with E-state index in [1.807, 2.05) is 12.4 Å². The van der Waals surface area contributed by atoms with Crippen LogP contribution in [0.25, 0.3) is 0 Å². The van der Waals surface area contributed by atoms with Gasteiger partial charge >= 0.3 is 0 Å². The van der Waals surface area contributed by atoms with E-state index in [2.05, 4.69) is 35.9 Å². The van der Waals surface area contributed by atoms with Crippen molar-refractivity contribution in [3.8, 4) is 0 Å². The zero-order valence-electron chi connectivity index (χ0n) is 8.98. The summed E-state index contributed by atoms with van der Waals surface area (Å²) >= 11 is 0. The molecule has 1 saturated heterocycles. The smallest absolute Gasteiger partial charge is 0.0401 e. The minimum Gasteiger partial charge on any atom is -0.366 e. The number of anilines is 1. The highest BCUT2D eigenvalue weighted by molar-refractivity contribution is 5.47. The zero-order chi connectivity index (χ0) is 9.97. The molecule has 1 aliphatic heterocycles. The Labute approximate surface area is 86.0 Å². The summed E-state index contributed by atoms with van der Waals surface area (Å²) in [4.78, 5) is 6.58. The Kier molecular flexibility index (Phi) is 2.71. The van der Waals surface area contributed by atoms with Crippen LogP contribution in [0, 0.1) is 0 Å². The maximum absolute atomic E-state index is 4.06. The van der Waals surface area contributed by atoms with Crippen LogP contribution < -0.4 is 4.90 Å². The first-order valence-corrected chi connectivity index (χ1v) is 5.47. The quantitative estimate of drug-likeness (QED) is 0.677. The number of pyridine rings is 1. The molecule has 0 aliphatic carbocycles. The van der Waals surface area contributed by atoms with Gasteiger partial charge in [0, 0.05) is 30.2 Å². The largest absolute Gasteiger partial charge is 0.366 e. The minimum absolute atomic E-state index is 0.668. The van der Waals surface area contributed by atoms with Gasteiger partial charge in [-0.3, -0.25) is 4.98 Å². The second-order valence-electron chi connectivity index (χ2n) is 4.24. The minimum atomic E-state index is 0.668. The summed E-state index contributed by atoms with van der Waals surface area (Å²) in [5, 5.41) is 0. The summed E-state index contributed by atoms with van der Waals surface area (Å²) in [6, 6.07) is 5.55. The molecule has 1 aromatic heterocycles. The average Bonchev–Trinajstić information content (AvgIpc) is 2.19. The number of rotatable bonds is 1. The molecular formula is C12H18N2. The van der Waals surface area contributed by atoms with E-state index in [0.717, 1.165) is 0 Å². The molecule has 2 atom stereocenters. The van der Waals surface area contributed by atoms with Gasteiger partial charge in [0.2, 0.25) is 0 Å². The van der Waals surface area contributed by atoms with E-state index in [1.54, 1.807) is 0 Å². The van der Waals surface area contributed by atoms with Crippen molar-refractivity contribution in [1.29, 1.82) is 0 Å². The van der Waals surface area contributed by atoms with E-state index in [0.29, 0.717) is 12.1 Å². The van der Waals surface area contributed by atoms with Gasteiger partial charge in [-0.1, -0.05) is 0 Å². The molecule has 76 valence electrons. The van der Waals surface area contributed by atoms with Crippen LogP contribution in [0.5, 0.6) is 0 Å². The number of hydrogen-bond acceptors (Lipinski definition) is 2. The van der Waals surface area contributed by atoms with Crippen LogP contribution in [0.15, 0.2) is 24.5 Å². The molecule has 1 fully saturated rings. The molecule has 2 heterocycles. The maximum Gasteiger partial charge on any atom is 0.0401 e. The molecule has 14 heavy (non-hydrogen) atoms. The van der Waals surface area contributed by atoms with Crippen LogP contribution in [-0.4, -0.2) is 17.1 Å². The van der Waals surface area contributed by atoms with E-state index in [-0.39, 0.29) is 0 Å². The fraction of sp³-hybridized carbons (Fsp3) is 0.583. The standard InChI is InChI=1S/C12H18N2/c1-10-4-3-5-11(2)14(10)12-6-8-13-9-7-12/h6-11H,3-5H2,1-2H3/t10-,11+. The summed E-state index contributed by atoms with van der Waals surface area (Å²) in [6.07, 6.45) is 7.75. The topological polar surface area (TPSA) is 16.1 Å². The van der Waals surface area contributed by atoms with Gasteiger partial charge < -0.3 is 4.90 Å². The van der Waals surface area contributed by atoms with Crippen LogP contribution >= 0.6 is 0 Å². The van der Waals surface area contributed by atoms with Crippen molar-refractivity contribution >= 4 is 5.69 Å². The third-order valence-corrected chi connectivity index (χ3v) is 3.15. The van der Waals surface area contributed by atoms with Crippen molar-refractivity contribution in [2.24, 2.45) is 0 Å². The summed E-state index contributed by atoms with van der Waals surface area (Å²) in [5.74, 6) is 0. The lowest BCUT2D eigenvalue weighted by Gasteiger charge is -2.40. The van der Waals surface area contributed by atoms with E-state index >= 15 is 0 Å². The highest BCUT2D eigenvalue weighted by atomic mass is 15.2. The second kappa shape index (κ2) is 3.99. The lowest BCUT2D eigenvalue weighted by atomic mass is 9.97. The maximum atomic E-state index is 4.06. The molecule has 0 unspecified atom stereocenters. The molecule has 0 spiro atoms. The highest BCUT2D eigenvalue weighted by Crippen LogP contribution is 2.28. The van der Waals surface area contributed by atoms with E-state index in [4.69, 9.17) is 0 Å². The van der Waals surface area contributed by atoms with Crippen molar-refractivity contribution in [2.45, 2.75) is 45.2 Å². The summed E-state index contributed by atoms with van der Waals surface area (Å²) in [5.41, 5.74) is 1.32. The lowest BCUT2D eigenvalue weighted by Crippen LogP contribution is -2.43. The van der Waals surface area contributed by atoms with Gasteiger partial charge in [0.1, 0.15) is 0 Å². The summed E-state index contributed by atoms with van der Waals surface area (Å²) < 4.78 is 0. The average molecular weight is 190 g/mol. The zero-order valence-corrected chi connectivity index (χ0v) is 8.98. The molecule has 1 aromatic rings. The Balaban J connectivity index is 2.23. The van der Waals surface area contributed by atoms with Crippen LogP contribution in [0.2, 0.25) is 0 Å². The monoisotopic (exact) mass is 190 g/mol. The van der Waals surface area contributed by atoms with Gasteiger partial charge in [-0.25, -0.2) is 0 Å². The van der Waals surface area contributed by atoms with Crippen LogP contribution in [-0.2, 0) is 0 Å². The molecule has 0 bridgehead atoms. The first-order chi connectivity index (χ1) is 6.79. The van der Waals surface area contributed by atoms with Gasteiger partial charge in [0.25, 0.3) is 0 Å². The van der Waals surface area contributed by atoms with Gasteiger partial charge in [-0.2, -0.15) is 0 Å². The Morgan fingerprint density at radius 3 is 2.29 bits per heavy atom. The summed E-state index contributed by atoms with van der Waals surface area (Å²) in [6.45, 7) is 4.63. The molecule has 2 rings (SSSR count). The highest BCUT2D eigenvalue weighted by Gasteiger charge is 2.24. The number of hydrogen-bond donors (Lipinski definition) is 0. The number of nitrogens with zero attached hydrogens (tertiary/aromatic N) is 2. The molecule has 0 saturated carbocycles. The first-order valence-electron chi connectivity index (χ1n) is 5.47. The van der Waals surface area contributed by atoms with Gasteiger partial charge in [0.15, 0.2) is 0 Å². The molecule has 0 radical (unpaired) electrons. The third-order valence-electron chi connectivity index (χ3n) is 3.15. The second-order valence-corrected chi connectivity index (χ2v) is 4.24. The molecule has 1 aliphatic rings. The van der Waals surface area contributed by atoms with Gasteiger partial charge in [0.05, 0.1) is 0 Å². The lowest BCUT2D eigenvalue weighted by molar-refractivity contribution is 0.414. The van der Waals surface area contributed by atoms with Crippen LogP contribution in [0.3, 0.4) is 0 Å². The Morgan fingerprint density at radius 1 is 1.14 bits per heavy atom. The van der Waals surface area contributed by atoms with Crippen LogP contribution in [0.4, 0.5) is 5.69 Å². The molecule has 0 aromatic carbocycles. The van der Waals surface area contributed by atoms with E-state index in [1.165, 1.54) is 24.9 Å². The SMILES string of the molecule is C[C@@H]1CCC[C@H](C)N1c1ccncc1. The van der Waals surface area contributed by atoms with Gasteiger partial charge in [-0.05, 0) is 45.2 Å². The van der Waals surface area contributed by atoms with Crippen molar-refractivity contribution in [1.82, 2.24) is 4.98 Å². The predicted molar refractivity (Wildman–Crippen MR) is 59.5 cm³/mol. The van der Waals surface area contributed by atoms with Crippen molar-refractivity contribution in [3.63, 3.8) is 0 Å². The van der Waals surface area contributed by atoms with Crippen molar-refractivity contribution in [2.75, 3.05) is 4.90 Å². The fourth-order valence-electron chi connectivity index (χ4n) is 2.45. The Morgan fingerprint density at radius 2 is 1.71 bits per heavy atom. The molecular weight excluding hydrogens is 172 g/mol. The van der Waals surface area contributed by atoms with Crippen molar-refractivity contribution < 1.29 is 0 Å². The first kappa shape index (κ1) is 9.50. The number of piperidine rings is 1. The normalized spacial score (nSPS) is 27.7. The Bertz CT molecular complexity index is 274. The Hall–Kier alpha value is -1.05. The molecule has 0 amide bonds. The van der Waals surface area contributed by atoms with Crippen molar-refractivity contribution in [3.05, 3.63) is 24.5 Å².